The number of ether oxygens (including phenoxy) is 1. The van der Waals surface area contributed by atoms with E-state index in [2.05, 4.69) is 5.32 Å². The first-order valence-electron chi connectivity index (χ1n) is 9.98. The predicted molar refractivity (Wildman–Crippen MR) is 106 cm³/mol. The van der Waals surface area contributed by atoms with E-state index in [9.17, 15) is 23.1 Å². The predicted octanol–water partition coefficient (Wildman–Crippen LogP) is 2.00. The van der Waals surface area contributed by atoms with Gasteiger partial charge in [-0.15, -0.1) is 0 Å². The smallest absolute Gasteiger partial charge is 0.329 e. The number of amides is 1. The first-order valence-corrected chi connectivity index (χ1v) is 11.4. The van der Waals surface area contributed by atoms with Crippen molar-refractivity contribution in [2.45, 2.75) is 55.4 Å². The number of rotatable bonds is 6. The number of carboxylic acids is 1. The minimum Gasteiger partial charge on any atom is -0.497 e. The van der Waals surface area contributed by atoms with Crippen LogP contribution in [0.2, 0.25) is 0 Å². The molecule has 1 aliphatic carbocycles. The number of carbonyl (C=O) groups excluding carboxylic acids is 1. The highest BCUT2D eigenvalue weighted by molar-refractivity contribution is 7.89. The number of carbonyl (C=O) groups is 2. The molecule has 0 bridgehead atoms. The fourth-order valence-electron chi connectivity index (χ4n) is 4.14. The molecule has 1 heterocycles. The van der Waals surface area contributed by atoms with Gasteiger partial charge in [-0.2, -0.15) is 4.31 Å². The van der Waals surface area contributed by atoms with Gasteiger partial charge in [-0.05, 0) is 49.9 Å². The molecule has 0 spiro atoms. The van der Waals surface area contributed by atoms with Gasteiger partial charge >= 0.3 is 5.97 Å². The zero-order valence-corrected chi connectivity index (χ0v) is 17.4. The molecule has 1 saturated heterocycles. The van der Waals surface area contributed by atoms with Crippen molar-refractivity contribution in [3.63, 3.8) is 0 Å². The van der Waals surface area contributed by atoms with Crippen LogP contribution < -0.4 is 10.1 Å². The van der Waals surface area contributed by atoms with Crippen LogP contribution in [0.3, 0.4) is 0 Å². The average molecular weight is 425 g/mol. The van der Waals surface area contributed by atoms with Crippen LogP contribution in [-0.4, -0.2) is 55.4 Å². The molecule has 29 heavy (non-hydrogen) atoms. The average Bonchev–Trinajstić information content (AvgIpc) is 2.74. The van der Waals surface area contributed by atoms with Crippen molar-refractivity contribution >= 4 is 21.9 Å². The molecule has 1 aliphatic heterocycles. The van der Waals surface area contributed by atoms with Gasteiger partial charge < -0.3 is 15.2 Å². The summed E-state index contributed by atoms with van der Waals surface area (Å²) in [7, 11) is -2.12. The van der Waals surface area contributed by atoms with Gasteiger partial charge in [0.15, 0.2) is 0 Å². The molecule has 1 amide bonds. The topological polar surface area (TPSA) is 113 Å². The zero-order valence-electron chi connectivity index (χ0n) is 16.6. The van der Waals surface area contributed by atoms with Crippen molar-refractivity contribution in [2.75, 3.05) is 20.2 Å². The van der Waals surface area contributed by atoms with Crippen molar-refractivity contribution in [2.24, 2.45) is 5.92 Å². The number of methoxy groups -OCH3 is 1. The van der Waals surface area contributed by atoms with E-state index < -0.39 is 21.5 Å². The van der Waals surface area contributed by atoms with E-state index in [0.717, 1.165) is 19.3 Å². The maximum atomic E-state index is 12.8. The van der Waals surface area contributed by atoms with Crippen LogP contribution in [0.25, 0.3) is 0 Å². The molecular weight excluding hydrogens is 396 g/mol. The molecule has 0 unspecified atom stereocenters. The molecular formula is C20H28N2O6S. The van der Waals surface area contributed by atoms with E-state index in [1.165, 1.54) is 23.5 Å². The number of piperidine rings is 1. The molecule has 8 nitrogen and oxygen atoms in total. The molecule has 0 atom stereocenters. The lowest BCUT2D eigenvalue weighted by Gasteiger charge is -2.37. The van der Waals surface area contributed by atoms with Crippen molar-refractivity contribution < 1.29 is 27.9 Å². The summed E-state index contributed by atoms with van der Waals surface area (Å²) < 4.78 is 32.1. The van der Waals surface area contributed by atoms with E-state index in [-0.39, 0.29) is 29.8 Å². The quantitative estimate of drug-likeness (QED) is 0.722. The summed E-state index contributed by atoms with van der Waals surface area (Å²) in [5.74, 6) is -1.06. The van der Waals surface area contributed by atoms with E-state index in [0.29, 0.717) is 31.4 Å². The summed E-state index contributed by atoms with van der Waals surface area (Å²) in [5.41, 5.74) is -1.18. The van der Waals surface area contributed by atoms with Gasteiger partial charge in [-0.3, -0.25) is 4.79 Å². The third-order valence-electron chi connectivity index (χ3n) is 6.00. The SMILES string of the molecule is COc1ccc(S(=O)(=O)N2CCC(C(=O)NC3(C(=O)O)CCCCC3)CC2)cc1. The lowest BCUT2D eigenvalue weighted by atomic mass is 9.81. The first kappa shape index (κ1) is 21.6. The molecule has 3 rings (SSSR count). The van der Waals surface area contributed by atoms with E-state index in [1.807, 2.05) is 0 Å². The molecule has 9 heteroatoms. The zero-order chi connectivity index (χ0) is 21.1. The van der Waals surface area contributed by atoms with Crippen LogP contribution in [0.15, 0.2) is 29.2 Å². The minimum absolute atomic E-state index is 0.188. The largest absolute Gasteiger partial charge is 0.497 e. The summed E-state index contributed by atoms with van der Waals surface area (Å²) in [6.07, 6.45) is 4.17. The molecule has 2 fully saturated rings. The molecule has 1 aromatic rings. The van der Waals surface area contributed by atoms with Crippen LogP contribution in [0.5, 0.6) is 5.75 Å². The Kier molecular flexibility index (Phi) is 6.48. The Balaban J connectivity index is 1.62. The van der Waals surface area contributed by atoms with Crippen molar-refractivity contribution in [1.29, 1.82) is 0 Å². The molecule has 2 aliphatic rings. The van der Waals surface area contributed by atoms with Gasteiger partial charge in [0.2, 0.25) is 15.9 Å². The maximum Gasteiger partial charge on any atom is 0.329 e. The second-order valence-corrected chi connectivity index (χ2v) is 9.73. The Morgan fingerprint density at radius 3 is 2.21 bits per heavy atom. The maximum absolute atomic E-state index is 12.8. The lowest BCUT2D eigenvalue weighted by molar-refractivity contribution is -0.150. The normalized spacial score (nSPS) is 20.7. The number of hydrogen-bond acceptors (Lipinski definition) is 5. The second kappa shape index (κ2) is 8.71. The molecule has 0 aromatic heterocycles. The highest BCUT2D eigenvalue weighted by Gasteiger charge is 2.42. The van der Waals surface area contributed by atoms with E-state index in [4.69, 9.17) is 4.74 Å². The number of carboxylic acid groups (broad SMARTS) is 1. The van der Waals surface area contributed by atoms with E-state index in [1.54, 1.807) is 12.1 Å². The molecule has 160 valence electrons. The number of sulfonamides is 1. The standard InChI is InChI=1S/C20H28N2O6S/c1-28-16-5-7-17(8-6-16)29(26,27)22-13-9-15(10-14-22)18(23)21-20(19(24)25)11-3-2-4-12-20/h5-8,15H,2-4,9-14H2,1H3,(H,21,23)(H,24,25). The number of nitrogens with zero attached hydrogens (tertiary/aromatic N) is 1. The van der Waals surface area contributed by atoms with Gasteiger partial charge in [-0.25, -0.2) is 13.2 Å². The van der Waals surface area contributed by atoms with Gasteiger partial charge in [0.25, 0.3) is 0 Å². The van der Waals surface area contributed by atoms with Crippen molar-refractivity contribution in [1.82, 2.24) is 9.62 Å². The van der Waals surface area contributed by atoms with Crippen molar-refractivity contribution in [3.05, 3.63) is 24.3 Å². The highest BCUT2D eigenvalue weighted by atomic mass is 32.2. The lowest BCUT2D eigenvalue weighted by Crippen LogP contribution is -2.57. The van der Waals surface area contributed by atoms with Gasteiger partial charge in [0, 0.05) is 19.0 Å². The van der Waals surface area contributed by atoms with Gasteiger partial charge in [0.05, 0.1) is 12.0 Å². The molecule has 2 N–H and O–H groups in total. The van der Waals surface area contributed by atoms with E-state index >= 15 is 0 Å². The van der Waals surface area contributed by atoms with Gasteiger partial charge in [-0.1, -0.05) is 19.3 Å². The third-order valence-corrected chi connectivity index (χ3v) is 7.91. The Morgan fingerprint density at radius 2 is 1.69 bits per heavy atom. The van der Waals surface area contributed by atoms with Crippen LogP contribution >= 0.6 is 0 Å². The first-order chi connectivity index (χ1) is 13.8. The van der Waals surface area contributed by atoms with Gasteiger partial charge in [0.1, 0.15) is 11.3 Å². The van der Waals surface area contributed by atoms with Crippen LogP contribution in [-0.2, 0) is 19.6 Å². The molecule has 0 radical (unpaired) electrons. The molecule has 1 aromatic carbocycles. The Bertz CT molecular complexity index is 838. The summed E-state index contributed by atoms with van der Waals surface area (Å²) in [4.78, 5) is 24.7. The summed E-state index contributed by atoms with van der Waals surface area (Å²) in [6.45, 7) is 0.457. The number of aliphatic carboxylic acids is 1. The highest BCUT2D eigenvalue weighted by Crippen LogP contribution is 2.30. The van der Waals surface area contributed by atoms with Crippen LogP contribution in [0.4, 0.5) is 0 Å². The third kappa shape index (κ3) is 4.56. The fourth-order valence-corrected chi connectivity index (χ4v) is 5.61. The summed E-state index contributed by atoms with van der Waals surface area (Å²) in [6, 6.07) is 6.21. The minimum atomic E-state index is -3.64. The summed E-state index contributed by atoms with van der Waals surface area (Å²) in [5, 5.41) is 12.4. The number of benzene rings is 1. The fraction of sp³-hybridized carbons (Fsp3) is 0.600. The van der Waals surface area contributed by atoms with Crippen molar-refractivity contribution in [3.8, 4) is 5.75 Å². The Morgan fingerprint density at radius 1 is 1.10 bits per heavy atom. The Hall–Kier alpha value is -2.13. The number of nitrogens with one attached hydrogen (secondary N) is 1. The van der Waals surface area contributed by atoms with Crippen LogP contribution in [0.1, 0.15) is 44.9 Å². The van der Waals surface area contributed by atoms with Crippen LogP contribution in [0, 0.1) is 5.92 Å². The summed E-state index contributed by atoms with van der Waals surface area (Å²) >= 11 is 0. The monoisotopic (exact) mass is 424 g/mol. The number of hydrogen-bond donors (Lipinski definition) is 2. The molecule has 1 saturated carbocycles. The second-order valence-electron chi connectivity index (χ2n) is 7.79. The Labute approximate surface area is 171 Å².